The third-order valence-electron chi connectivity index (χ3n) is 4.69. The summed E-state index contributed by atoms with van der Waals surface area (Å²) in [6.07, 6.45) is 5.08. The molecule has 3 N–H and O–H groups in total. The number of para-hydroxylation sites is 1. The van der Waals surface area contributed by atoms with Gasteiger partial charge in [-0.25, -0.2) is 4.79 Å². The molecular weight excluding hydrogens is 390 g/mol. The first kappa shape index (κ1) is 20.8. The number of esters is 1. The minimum absolute atomic E-state index is 0.0716. The number of hydrogen-bond donors (Lipinski definition) is 3. The van der Waals surface area contributed by atoms with Crippen LogP contribution in [0.4, 0.5) is 10.7 Å². The first-order valence-electron chi connectivity index (χ1n) is 9.59. The van der Waals surface area contributed by atoms with E-state index in [-0.39, 0.29) is 12.2 Å². The van der Waals surface area contributed by atoms with E-state index < -0.39 is 18.5 Å². The van der Waals surface area contributed by atoms with Gasteiger partial charge in [0.25, 0.3) is 5.91 Å². The normalized spacial score (nSPS) is 13.0. The fraction of sp³-hybridized carbons (Fsp3) is 0.381. The molecule has 0 saturated heterocycles. The molecule has 0 radical (unpaired) electrons. The smallest absolute Gasteiger partial charge is 0.340 e. The summed E-state index contributed by atoms with van der Waals surface area (Å²) in [5, 5.41) is 24.7. The molecule has 0 unspecified atom stereocenters. The maximum Gasteiger partial charge on any atom is 0.340 e. The van der Waals surface area contributed by atoms with Gasteiger partial charge in [0.15, 0.2) is 6.61 Å². The van der Waals surface area contributed by atoms with Crippen LogP contribution < -0.4 is 10.6 Å². The molecule has 0 bridgehead atoms. The molecule has 1 aliphatic carbocycles. The number of carbonyl (C=O) groups excluding carboxylic acids is 2. The van der Waals surface area contributed by atoms with Crippen molar-refractivity contribution in [2.75, 3.05) is 30.4 Å². The summed E-state index contributed by atoms with van der Waals surface area (Å²) >= 11 is 1.44. The van der Waals surface area contributed by atoms with Crippen molar-refractivity contribution in [1.82, 2.24) is 0 Å². The Kier molecular flexibility index (Phi) is 7.22. The Morgan fingerprint density at radius 2 is 2.00 bits per heavy atom. The van der Waals surface area contributed by atoms with Gasteiger partial charge < -0.3 is 20.5 Å². The lowest BCUT2D eigenvalue weighted by Crippen LogP contribution is -2.21. The number of fused-ring (bicyclic) bond motifs is 1. The molecule has 7 nitrogen and oxygen atoms in total. The topological polar surface area (TPSA) is 111 Å². The summed E-state index contributed by atoms with van der Waals surface area (Å²) in [5.41, 5.74) is 2.39. The number of aliphatic hydroxyl groups is 1. The van der Waals surface area contributed by atoms with Crippen molar-refractivity contribution in [3.63, 3.8) is 0 Å². The summed E-state index contributed by atoms with van der Waals surface area (Å²) in [6, 6.07) is 8.95. The number of hydrogen-bond acceptors (Lipinski definition) is 7. The zero-order valence-electron chi connectivity index (χ0n) is 16.0. The average Bonchev–Trinajstić information content (AvgIpc) is 2.89. The van der Waals surface area contributed by atoms with Crippen LogP contribution >= 0.6 is 11.3 Å². The summed E-state index contributed by atoms with van der Waals surface area (Å²) in [6.45, 7) is -0.219. The summed E-state index contributed by atoms with van der Waals surface area (Å²) in [7, 11) is 0. The Morgan fingerprint density at radius 3 is 2.79 bits per heavy atom. The predicted molar refractivity (Wildman–Crippen MR) is 111 cm³/mol. The van der Waals surface area contributed by atoms with Crippen LogP contribution in [0.15, 0.2) is 24.3 Å². The molecule has 1 aromatic carbocycles. The van der Waals surface area contributed by atoms with E-state index in [9.17, 15) is 14.9 Å². The monoisotopic (exact) mass is 413 g/mol. The van der Waals surface area contributed by atoms with Crippen LogP contribution in [0, 0.1) is 11.3 Å². The number of nitrogens with zero attached hydrogens (tertiary/aromatic N) is 1. The number of rotatable bonds is 7. The minimum atomic E-state index is -0.636. The van der Waals surface area contributed by atoms with E-state index in [0.717, 1.165) is 42.5 Å². The van der Waals surface area contributed by atoms with Crippen molar-refractivity contribution in [2.45, 2.75) is 32.1 Å². The first-order chi connectivity index (χ1) is 14.1. The van der Waals surface area contributed by atoms with Gasteiger partial charge in [-0.05, 0) is 43.4 Å². The third kappa shape index (κ3) is 5.13. The number of amides is 1. The molecule has 0 atom stereocenters. The largest absolute Gasteiger partial charge is 0.452 e. The fourth-order valence-electron chi connectivity index (χ4n) is 3.33. The van der Waals surface area contributed by atoms with Gasteiger partial charge in [0, 0.05) is 17.1 Å². The molecule has 29 heavy (non-hydrogen) atoms. The van der Waals surface area contributed by atoms with Crippen molar-refractivity contribution < 1.29 is 19.4 Å². The van der Waals surface area contributed by atoms with Gasteiger partial charge in [0.1, 0.15) is 11.1 Å². The Bertz CT molecular complexity index is 932. The Hall–Kier alpha value is -2.89. The van der Waals surface area contributed by atoms with Gasteiger partial charge in [0.05, 0.1) is 17.7 Å². The van der Waals surface area contributed by atoms with Crippen molar-refractivity contribution >= 4 is 33.9 Å². The molecule has 1 heterocycles. The van der Waals surface area contributed by atoms with Crippen molar-refractivity contribution in [3.8, 4) is 6.07 Å². The second-order valence-corrected chi connectivity index (χ2v) is 7.81. The van der Waals surface area contributed by atoms with Crippen molar-refractivity contribution in [2.24, 2.45) is 0 Å². The molecule has 2 aromatic rings. The van der Waals surface area contributed by atoms with Crippen molar-refractivity contribution in [1.29, 1.82) is 5.26 Å². The Balaban J connectivity index is 1.62. The lowest BCUT2D eigenvalue weighted by atomic mass is 10.1. The second-order valence-electron chi connectivity index (χ2n) is 6.70. The van der Waals surface area contributed by atoms with Gasteiger partial charge >= 0.3 is 5.97 Å². The first-order valence-corrected chi connectivity index (χ1v) is 10.4. The number of benzene rings is 1. The number of ether oxygens (including phenoxy) is 1. The van der Waals surface area contributed by atoms with Crippen LogP contribution in [0.25, 0.3) is 0 Å². The van der Waals surface area contributed by atoms with E-state index in [1.807, 2.05) is 0 Å². The zero-order valence-corrected chi connectivity index (χ0v) is 16.8. The van der Waals surface area contributed by atoms with Crippen LogP contribution in [0.3, 0.4) is 0 Å². The number of aliphatic hydroxyl groups excluding tert-OH is 1. The van der Waals surface area contributed by atoms with Gasteiger partial charge in [-0.1, -0.05) is 18.6 Å². The molecule has 8 heteroatoms. The zero-order chi connectivity index (χ0) is 20.6. The number of nitriles is 1. The van der Waals surface area contributed by atoms with E-state index in [1.54, 1.807) is 24.3 Å². The van der Waals surface area contributed by atoms with E-state index in [2.05, 4.69) is 16.7 Å². The third-order valence-corrected chi connectivity index (χ3v) is 5.90. The SMILES string of the molecule is N#Cc1c(NC(=O)COC(=O)c2ccccc2NCCO)sc2c1CCCCC2. The maximum absolute atomic E-state index is 12.4. The molecule has 3 rings (SSSR count). The molecule has 0 aliphatic heterocycles. The molecular formula is C21H23N3O4S. The number of anilines is 2. The maximum atomic E-state index is 12.4. The highest BCUT2D eigenvalue weighted by Gasteiger charge is 2.21. The number of nitrogens with one attached hydrogen (secondary N) is 2. The molecule has 1 aromatic heterocycles. The summed E-state index contributed by atoms with van der Waals surface area (Å²) < 4.78 is 5.15. The molecule has 0 saturated carbocycles. The molecule has 0 fully saturated rings. The molecule has 0 spiro atoms. The van der Waals surface area contributed by atoms with E-state index in [4.69, 9.17) is 9.84 Å². The molecule has 1 aliphatic rings. The standard InChI is InChI=1S/C21H23N3O4S/c22-12-16-14-6-2-1-3-9-18(14)29-20(16)24-19(26)13-28-21(27)15-7-4-5-8-17(15)23-10-11-25/h4-5,7-8,23,25H,1-3,6,9-11,13H2,(H,24,26). The van der Waals surface area contributed by atoms with E-state index >= 15 is 0 Å². The summed E-state index contributed by atoms with van der Waals surface area (Å²) in [4.78, 5) is 25.8. The quantitative estimate of drug-likeness (QED) is 0.475. The number of thiophene rings is 1. The highest BCUT2D eigenvalue weighted by molar-refractivity contribution is 7.16. The van der Waals surface area contributed by atoms with Crippen LogP contribution in [0.5, 0.6) is 0 Å². The lowest BCUT2D eigenvalue weighted by Gasteiger charge is -2.11. The van der Waals surface area contributed by atoms with E-state index in [1.165, 1.54) is 11.3 Å². The average molecular weight is 413 g/mol. The van der Waals surface area contributed by atoms with Crippen molar-refractivity contribution in [3.05, 3.63) is 45.8 Å². The van der Waals surface area contributed by atoms with Gasteiger partial charge in [-0.15, -0.1) is 11.3 Å². The minimum Gasteiger partial charge on any atom is -0.452 e. The fourth-order valence-corrected chi connectivity index (χ4v) is 4.58. The predicted octanol–water partition coefficient (Wildman–Crippen LogP) is 3.09. The van der Waals surface area contributed by atoms with Crippen LogP contribution in [-0.2, 0) is 22.4 Å². The van der Waals surface area contributed by atoms with Crippen LogP contribution in [-0.4, -0.2) is 36.7 Å². The lowest BCUT2D eigenvalue weighted by molar-refractivity contribution is -0.119. The molecule has 152 valence electrons. The Labute approximate surface area is 173 Å². The number of carbonyl (C=O) groups is 2. The highest BCUT2D eigenvalue weighted by Crippen LogP contribution is 2.36. The summed E-state index contributed by atoms with van der Waals surface area (Å²) in [5.74, 6) is -1.12. The highest BCUT2D eigenvalue weighted by atomic mass is 32.1. The Morgan fingerprint density at radius 1 is 1.21 bits per heavy atom. The van der Waals surface area contributed by atoms with Gasteiger partial charge in [-0.2, -0.15) is 5.26 Å². The van der Waals surface area contributed by atoms with Crippen LogP contribution in [0.1, 0.15) is 45.6 Å². The molecule has 1 amide bonds. The second kappa shape index (κ2) is 10.0. The number of aryl methyl sites for hydroxylation is 1. The van der Waals surface area contributed by atoms with Gasteiger partial charge in [0.2, 0.25) is 0 Å². The van der Waals surface area contributed by atoms with Gasteiger partial charge in [-0.3, -0.25) is 4.79 Å². The van der Waals surface area contributed by atoms with E-state index in [0.29, 0.717) is 22.8 Å². The van der Waals surface area contributed by atoms with Crippen LogP contribution in [0.2, 0.25) is 0 Å².